The van der Waals surface area contributed by atoms with Gasteiger partial charge in [0.2, 0.25) is 5.91 Å². The van der Waals surface area contributed by atoms with Crippen LogP contribution in [0.1, 0.15) is 38.0 Å². The van der Waals surface area contributed by atoms with E-state index in [0.29, 0.717) is 17.1 Å². The Morgan fingerprint density at radius 1 is 0.944 bits per heavy atom. The number of rotatable bonds is 6. The van der Waals surface area contributed by atoms with Crippen LogP contribution in [0.25, 0.3) is 0 Å². The molecule has 2 aromatic rings. The zero-order chi connectivity index (χ0) is 26.1. The lowest BCUT2D eigenvalue weighted by Gasteiger charge is -2.37. The number of nitro groups is 1. The van der Waals surface area contributed by atoms with Crippen molar-refractivity contribution in [3.8, 4) is 11.5 Å². The monoisotopic (exact) mass is 496 g/mol. The molecule has 0 aromatic heterocycles. The molecular weight excluding hydrogens is 472 g/mol. The smallest absolute Gasteiger partial charge is 0.282 e. The number of carbonyl (C=O) groups is 4. The van der Waals surface area contributed by atoms with Crippen LogP contribution in [0, 0.1) is 10.1 Å². The Morgan fingerprint density at radius 3 is 2.08 bits per heavy atom. The fourth-order valence-corrected chi connectivity index (χ4v) is 4.41. The predicted molar refractivity (Wildman–Crippen MR) is 125 cm³/mol. The number of benzene rings is 2. The van der Waals surface area contributed by atoms with Crippen LogP contribution >= 0.6 is 0 Å². The Labute approximate surface area is 206 Å². The molecule has 1 fully saturated rings. The van der Waals surface area contributed by atoms with Crippen LogP contribution in [0.2, 0.25) is 0 Å². The number of carbonyl (C=O) groups excluding carboxylic acids is 4. The fraction of sp³-hybridized carbons (Fsp3) is 0.333. The molecule has 1 unspecified atom stereocenters. The minimum absolute atomic E-state index is 0.0991. The van der Waals surface area contributed by atoms with E-state index in [-0.39, 0.29) is 43.2 Å². The van der Waals surface area contributed by atoms with Gasteiger partial charge in [-0.05, 0) is 25.1 Å². The molecule has 36 heavy (non-hydrogen) atoms. The summed E-state index contributed by atoms with van der Waals surface area (Å²) in [5, 5.41) is 11.3. The first-order valence-electron chi connectivity index (χ1n) is 11.1. The summed E-state index contributed by atoms with van der Waals surface area (Å²) in [4.78, 5) is 66.4. The minimum atomic E-state index is -1.16. The third kappa shape index (κ3) is 4.21. The third-order valence-corrected chi connectivity index (χ3v) is 6.34. The molecule has 0 bridgehead atoms. The largest absolute Gasteiger partial charge is 0.497 e. The molecule has 0 saturated carbocycles. The topological polar surface area (TPSA) is 140 Å². The Bertz CT molecular complexity index is 1250. The number of ether oxygens (including phenoxy) is 2. The lowest BCUT2D eigenvalue weighted by molar-refractivity contribution is -0.385. The number of nitrogens with zero attached hydrogens (tertiary/aromatic N) is 4. The fourth-order valence-electron chi connectivity index (χ4n) is 4.41. The van der Waals surface area contributed by atoms with Gasteiger partial charge in [-0.25, -0.2) is 0 Å². The van der Waals surface area contributed by atoms with Crippen LogP contribution < -0.4 is 9.47 Å². The Kier molecular flexibility index (Phi) is 6.60. The van der Waals surface area contributed by atoms with E-state index in [1.165, 1.54) is 38.2 Å². The van der Waals surface area contributed by atoms with E-state index < -0.39 is 34.4 Å². The molecule has 4 rings (SSSR count). The summed E-state index contributed by atoms with van der Waals surface area (Å²) in [6, 6.07) is 7.50. The van der Waals surface area contributed by atoms with Crippen LogP contribution in [0.5, 0.6) is 11.5 Å². The van der Waals surface area contributed by atoms with Crippen molar-refractivity contribution in [1.29, 1.82) is 0 Å². The highest BCUT2D eigenvalue weighted by atomic mass is 16.6. The Hall–Kier alpha value is -4.48. The van der Waals surface area contributed by atoms with Gasteiger partial charge in [0.25, 0.3) is 23.4 Å². The highest BCUT2D eigenvalue weighted by Gasteiger charge is 2.45. The number of hydrogen-bond donors (Lipinski definition) is 0. The molecule has 2 aliphatic heterocycles. The molecule has 0 aliphatic carbocycles. The summed E-state index contributed by atoms with van der Waals surface area (Å²) in [6.07, 6.45) is 0. The molecule has 12 nitrogen and oxygen atoms in total. The van der Waals surface area contributed by atoms with Crippen molar-refractivity contribution >= 4 is 29.3 Å². The summed E-state index contributed by atoms with van der Waals surface area (Å²) in [5.41, 5.74) is -0.504. The van der Waals surface area contributed by atoms with Crippen LogP contribution in [0.15, 0.2) is 36.4 Å². The van der Waals surface area contributed by atoms with E-state index in [0.717, 1.165) is 11.0 Å². The summed E-state index contributed by atoms with van der Waals surface area (Å²) in [5.74, 6) is -1.41. The van der Waals surface area contributed by atoms with Crippen molar-refractivity contribution in [2.45, 2.75) is 13.0 Å². The second kappa shape index (κ2) is 9.64. The summed E-state index contributed by atoms with van der Waals surface area (Å²) in [6.45, 7) is 2.28. The maximum Gasteiger partial charge on any atom is 0.282 e. The second-order valence-electron chi connectivity index (χ2n) is 8.33. The molecule has 188 valence electrons. The lowest BCUT2D eigenvalue weighted by atomic mass is 10.1. The van der Waals surface area contributed by atoms with Crippen LogP contribution in [0.3, 0.4) is 0 Å². The second-order valence-corrected chi connectivity index (χ2v) is 8.33. The SMILES string of the molecule is COc1cc(OC)cc(C(=O)N2CCN(C(=O)C(C)N3C(=O)c4cccc([N+](=O)[O-])c4C3=O)CC2)c1. The van der Waals surface area contributed by atoms with Gasteiger partial charge in [0.05, 0.1) is 24.7 Å². The summed E-state index contributed by atoms with van der Waals surface area (Å²) in [7, 11) is 2.97. The molecule has 4 amide bonds. The normalized spacial score (nSPS) is 16.0. The minimum Gasteiger partial charge on any atom is -0.497 e. The highest BCUT2D eigenvalue weighted by molar-refractivity contribution is 6.24. The maximum atomic E-state index is 13.2. The molecule has 1 atom stereocenters. The number of methoxy groups -OCH3 is 2. The van der Waals surface area contributed by atoms with E-state index in [1.807, 2.05) is 0 Å². The average molecular weight is 496 g/mol. The van der Waals surface area contributed by atoms with Crippen molar-refractivity contribution in [2.75, 3.05) is 40.4 Å². The molecule has 0 N–H and O–H groups in total. The number of piperazine rings is 1. The van der Waals surface area contributed by atoms with Crippen molar-refractivity contribution in [1.82, 2.24) is 14.7 Å². The zero-order valence-corrected chi connectivity index (χ0v) is 19.9. The number of hydrogen-bond acceptors (Lipinski definition) is 8. The first-order chi connectivity index (χ1) is 17.2. The number of nitro benzene ring substituents is 1. The van der Waals surface area contributed by atoms with Gasteiger partial charge < -0.3 is 19.3 Å². The first-order valence-corrected chi connectivity index (χ1v) is 11.1. The van der Waals surface area contributed by atoms with Crippen molar-refractivity contribution in [3.63, 3.8) is 0 Å². The van der Waals surface area contributed by atoms with E-state index >= 15 is 0 Å². The zero-order valence-electron chi connectivity index (χ0n) is 19.9. The molecule has 12 heteroatoms. The van der Waals surface area contributed by atoms with E-state index in [1.54, 1.807) is 23.1 Å². The molecule has 0 spiro atoms. The average Bonchev–Trinajstić information content (AvgIpc) is 3.16. The maximum absolute atomic E-state index is 13.2. The number of imide groups is 1. The van der Waals surface area contributed by atoms with Gasteiger partial charge in [-0.3, -0.25) is 34.2 Å². The van der Waals surface area contributed by atoms with E-state index in [9.17, 15) is 29.3 Å². The van der Waals surface area contributed by atoms with Crippen molar-refractivity contribution in [3.05, 3.63) is 63.2 Å². The van der Waals surface area contributed by atoms with Gasteiger partial charge in [0.1, 0.15) is 23.1 Å². The van der Waals surface area contributed by atoms with E-state index in [2.05, 4.69) is 0 Å². The number of fused-ring (bicyclic) bond motifs is 1. The molecule has 2 aliphatic rings. The first kappa shape index (κ1) is 24.6. The highest BCUT2D eigenvalue weighted by Crippen LogP contribution is 2.32. The lowest BCUT2D eigenvalue weighted by Crippen LogP contribution is -2.56. The molecular formula is C24H24N4O8. The van der Waals surface area contributed by atoms with Crippen LogP contribution in [0.4, 0.5) is 5.69 Å². The Balaban J connectivity index is 1.44. The summed E-state index contributed by atoms with van der Waals surface area (Å²) >= 11 is 0. The Morgan fingerprint density at radius 2 is 1.53 bits per heavy atom. The van der Waals surface area contributed by atoms with Gasteiger partial charge in [0, 0.05) is 43.9 Å². The molecule has 0 radical (unpaired) electrons. The molecule has 2 heterocycles. The molecule has 1 saturated heterocycles. The number of amides is 4. The quantitative estimate of drug-likeness (QED) is 0.334. The van der Waals surface area contributed by atoms with Crippen LogP contribution in [-0.4, -0.2) is 89.7 Å². The third-order valence-electron chi connectivity index (χ3n) is 6.34. The van der Waals surface area contributed by atoms with E-state index in [4.69, 9.17) is 9.47 Å². The van der Waals surface area contributed by atoms with Gasteiger partial charge >= 0.3 is 0 Å². The van der Waals surface area contributed by atoms with Gasteiger partial charge in [-0.2, -0.15) is 0 Å². The standard InChI is InChI=1S/C24H24N4O8/c1-14(27-23(31)18-5-4-6-19(28(33)34)20(18)24(27)32)21(29)25-7-9-26(10-8-25)22(30)15-11-16(35-2)13-17(12-15)36-3/h4-6,11-14H,7-10H2,1-3H3. The van der Waals surface area contributed by atoms with Crippen LogP contribution in [-0.2, 0) is 4.79 Å². The summed E-state index contributed by atoms with van der Waals surface area (Å²) < 4.78 is 10.4. The van der Waals surface area contributed by atoms with Crippen molar-refractivity contribution in [2.24, 2.45) is 0 Å². The van der Waals surface area contributed by atoms with Gasteiger partial charge in [-0.1, -0.05) is 6.07 Å². The van der Waals surface area contributed by atoms with Gasteiger partial charge in [-0.15, -0.1) is 0 Å². The molecule has 2 aromatic carbocycles. The predicted octanol–water partition coefficient (Wildman–Crippen LogP) is 1.58. The van der Waals surface area contributed by atoms with Gasteiger partial charge in [0.15, 0.2) is 0 Å². The van der Waals surface area contributed by atoms with Crippen molar-refractivity contribution < 1.29 is 33.6 Å².